The van der Waals surface area contributed by atoms with E-state index in [0.29, 0.717) is 22.2 Å². The lowest BCUT2D eigenvalue weighted by molar-refractivity contribution is 0.0476. The summed E-state index contributed by atoms with van der Waals surface area (Å²) in [6.07, 6.45) is 3.29. The van der Waals surface area contributed by atoms with Crippen molar-refractivity contribution in [1.82, 2.24) is 9.97 Å². The summed E-state index contributed by atoms with van der Waals surface area (Å²) in [5, 5.41) is 0.629. The first-order chi connectivity index (χ1) is 14.1. The summed E-state index contributed by atoms with van der Waals surface area (Å²) >= 11 is 0. The number of ether oxygens (including phenoxy) is 1. The van der Waals surface area contributed by atoms with Gasteiger partial charge in [-0.05, 0) is 48.5 Å². The van der Waals surface area contributed by atoms with E-state index in [1.54, 1.807) is 48.8 Å². The lowest BCUT2D eigenvalue weighted by Gasteiger charge is -2.10. The average molecular weight is 386 g/mol. The van der Waals surface area contributed by atoms with E-state index in [1.165, 1.54) is 24.3 Å². The summed E-state index contributed by atoms with van der Waals surface area (Å²) in [5.74, 6) is -1.48. The van der Waals surface area contributed by atoms with Crippen molar-refractivity contribution in [2.45, 2.75) is 0 Å². The van der Waals surface area contributed by atoms with E-state index in [9.17, 15) is 14.0 Å². The largest absolute Gasteiger partial charge is 0.454 e. The number of pyridine rings is 2. The summed E-state index contributed by atoms with van der Waals surface area (Å²) in [6.45, 7) is -0.439. The standard InChI is InChI=1S/C23H15FN2O3/c24-17-7-5-16(6-8-17)22(27)14-29-23(28)19-13-21(15-9-11-25-12-10-15)26-20-4-2-1-3-18(19)20/h1-13H,14H2. The normalized spacial score (nSPS) is 10.7. The zero-order valence-electron chi connectivity index (χ0n) is 15.2. The molecule has 0 aliphatic heterocycles. The summed E-state index contributed by atoms with van der Waals surface area (Å²) in [5.41, 5.74) is 2.63. The fourth-order valence-corrected chi connectivity index (χ4v) is 2.94. The van der Waals surface area contributed by atoms with Crippen LogP contribution in [0.5, 0.6) is 0 Å². The van der Waals surface area contributed by atoms with Gasteiger partial charge in [0.1, 0.15) is 5.82 Å². The first kappa shape index (κ1) is 18.4. The maximum atomic E-state index is 13.0. The third kappa shape index (κ3) is 4.01. The molecule has 4 aromatic rings. The summed E-state index contributed by atoms with van der Waals surface area (Å²) < 4.78 is 18.3. The topological polar surface area (TPSA) is 69.2 Å². The van der Waals surface area contributed by atoms with Crippen molar-refractivity contribution in [1.29, 1.82) is 0 Å². The highest BCUT2D eigenvalue weighted by atomic mass is 19.1. The Morgan fingerprint density at radius 2 is 1.66 bits per heavy atom. The molecule has 0 unspecified atom stereocenters. The molecule has 0 N–H and O–H groups in total. The van der Waals surface area contributed by atoms with Crippen LogP contribution in [-0.2, 0) is 4.74 Å². The second-order valence-corrected chi connectivity index (χ2v) is 6.31. The Kier molecular flexibility index (Phi) is 5.07. The molecular weight excluding hydrogens is 371 g/mol. The molecule has 0 aliphatic carbocycles. The van der Waals surface area contributed by atoms with E-state index < -0.39 is 24.2 Å². The lowest BCUT2D eigenvalue weighted by atomic mass is 10.0. The number of rotatable bonds is 5. The Labute approximate surface area is 165 Å². The number of ketones is 1. The number of fused-ring (bicyclic) bond motifs is 1. The van der Waals surface area contributed by atoms with Crippen molar-refractivity contribution in [3.63, 3.8) is 0 Å². The van der Waals surface area contributed by atoms with E-state index in [-0.39, 0.29) is 5.56 Å². The molecule has 0 amide bonds. The van der Waals surface area contributed by atoms with Crippen LogP contribution >= 0.6 is 0 Å². The first-order valence-corrected chi connectivity index (χ1v) is 8.88. The van der Waals surface area contributed by atoms with Gasteiger partial charge in [-0.15, -0.1) is 0 Å². The fourth-order valence-electron chi connectivity index (χ4n) is 2.94. The molecule has 6 heteroatoms. The molecule has 0 bridgehead atoms. The molecule has 2 heterocycles. The van der Waals surface area contributed by atoms with Gasteiger partial charge >= 0.3 is 5.97 Å². The van der Waals surface area contributed by atoms with Gasteiger partial charge in [0.2, 0.25) is 0 Å². The Morgan fingerprint density at radius 3 is 2.41 bits per heavy atom. The van der Waals surface area contributed by atoms with E-state index in [1.807, 2.05) is 6.07 Å². The molecule has 29 heavy (non-hydrogen) atoms. The number of hydrogen-bond acceptors (Lipinski definition) is 5. The molecule has 0 saturated carbocycles. The number of Topliss-reactive ketones (excluding diaryl/α,β-unsaturated/α-hetero) is 1. The zero-order chi connectivity index (χ0) is 20.2. The van der Waals surface area contributed by atoms with Crippen molar-refractivity contribution in [2.24, 2.45) is 0 Å². The third-order valence-corrected chi connectivity index (χ3v) is 4.41. The van der Waals surface area contributed by atoms with Gasteiger partial charge in [-0.25, -0.2) is 14.2 Å². The average Bonchev–Trinajstić information content (AvgIpc) is 2.77. The Balaban J connectivity index is 1.62. The predicted octanol–water partition coefficient (Wildman–Crippen LogP) is 4.48. The SMILES string of the molecule is O=C(COC(=O)c1cc(-c2ccncc2)nc2ccccc12)c1ccc(F)cc1. The molecule has 142 valence electrons. The Bertz CT molecular complexity index is 1190. The van der Waals surface area contributed by atoms with Crippen LogP contribution in [0.25, 0.3) is 22.2 Å². The lowest BCUT2D eigenvalue weighted by Crippen LogP contribution is -2.15. The van der Waals surface area contributed by atoms with Gasteiger partial charge in [0, 0.05) is 28.9 Å². The van der Waals surface area contributed by atoms with Gasteiger partial charge in [0.15, 0.2) is 12.4 Å². The molecule has 5 nitrogen and oxygen atoms in total. The van der Waals surface area contributed by atoms with Gasteiger partial charge in [-0.1, -0.05) is 18.2 Å². The van der Waals surface area contributed by atoms with Crippen LogP contribution in [0.4, 0.5) is 4.39 Å². The quantitative estimate of drug-likeness (QED) is 0.374. The number of halogens is 1. The van der Waals surface area contributed by atoms with Crippen molar-refractivity contribution in [3.8, 4) is 11.3 Å². The van der Waals surface area contributed by atoms with Crippen LogP contribution in [-0.4, -0.2) is 28.3 Å². The molecule has 4 rings (SSSR count). The molecule has 0 radical (unpaired) electrons. The number of carbonyl (C=O) groups is 2. The molecule has 0 fully saturated rings. The molecule has 0 atom stereocenters. The monoisotopic (exact) mass is 386 g/mol. The minimum absolute atomic E-state index is 0.274. The maximum absolute atomic E-state index is 13.0. The molecule has 0 saturated heterocycles. The second kappa shape index (κ2) is 7.98. The van der Waals surface area contributed by atoms with Gasteiger partial charge in [-0.3, -0.25) is 9.78 Å². The highest BCUT2D eigenvalue weighted by Crippen LogP contribution is 2.25. The Hall–Kier alpha value is -3.93. The number of benzene rings is 2. The van der Waals surface area contributed by atoms with Crippen molar-refractivity contribution in [3.05, 3.63) is 96.1 Å². The van der Waals surface area contributed by atoms with Crippen LogP contribution in [0.3, 0.4) is 0 Å². The van der Waals surface area contributed by atoms with Crippen molar-refractivity contribution < 1.29 is 18.7 Å². The van der Waals surface area contributed by atoms with Crippen LogP contribution < -0.4 is 0 Å². The highest BCUT2D eigenvalue weighted by Gasteiger charge is 2.17. The van der Waals surface area contributed by atoms with Crippen molar-refractivity contribution >= 4 is 22.7 Å². The maximum Gasteiger partial charge on any atom is 0.339 e. The predicted molar refractivity (Wildman–Crippen MR) is 106 cm³/mol. The van der Waals surface area contributed by atoms with Crippen LogP contribution in [0, 0.1) is 5.82 Å². The number of aromatic nitrogens is 2. The minimum Gasteiger partial charge on any atom is -0.454 e. The molecule has 2 aromatic heterocycles. The van der Waals surface area contributed by atoms with E-state index in [4.69, 9.17) is 4.74 Å². The zero-order valence-corrected chi connectivity index (χ0v) is 15.2. The van der Waals surface area contributed by atoms with Gasteiger partial charge in [0.05, 0.1) is 16.8 Å². The number of hydrogen-bond donors (Lipinski definition) is 0. The number of carbonyl (C=O) groups excluding carboxylic acids is 2. The van der Waals surface area contributed by atoms with Crippen LogP contribution in [0.2, 0.25) is 0 Å². The second-order valence-electron chi connectivity index (χ2n) is 6.31. The van der Waals surface area contributed by atoms with E-state index >= 15 is 0 Å². The number of para-hydroxylation sites is 1. The third-order valence-electron chi connectivity index (χ3n) is 4.41. The van der Waals surface area contributed by atoms with E-state index in [2.05, 4.69) is 9.97 Å². The summed E-state index contributed by atoms with van der Waals surface area (Å²) in [4.78, 5) is 33.6. The highest BCUT2D eigenvalue weighted by molar-refractivity contribution is 6.06. The summed E-state index contributed by atoms with van der Waals surface area (Å²) in [6, 6.07) is 17.5. The van der Waals surface area contributed by atoms with Crippen LogP contribution in [0.15, 0.2) is 79.1 Å². The minimum atomic E-state index is -0.630. The van der Waals surface area contributed by atoms with E-state index in [0.717, 1.165) is 5.56 Å². The summed E-state index contributed by atoms with van der Waals surface area (Å²) in [7, 11) is 0. The molecule has 0 spiro atoms. The van der Waals surface area contributed by atoms with Crippen LogP contribution in [0.1, 0.15) is 20.7 Å². The fraction of sp³-hybridized carbons (Fsp3) is 0.0435. The Morgan fingerprint density at radius 1 is 0.931 bits per heavy atom. The van der Waals surface area contributed by atoms with Crippen molar-refractivity contribution in [2.75, 3.05) is 6.61 Å². The molecular formula is C23H15FN2O3. The first-order valence-electron chi connectivity index (χ1n) is 8.88. The number of esters is 1. The molecule has 2 aromatic carbocycles. The smallest absolute Gasteiger partial charge is 0.339 e. The number of nitrogens with zero attached hydrogens (tertiary/aromatic N) is 2. The van der Waals surface area contributed by atoms with Gasteiger partial charge in [-0.2, -0.15) is 0 Å². The van der Waals surface area contributed by atoms with Gasteiger partial charge < -0.3 is 4.74 Å². The molecule has 0 aliphatic rings. The van der Waals surface area contributed by atoms with Gasteiger partial charge in [0.25, 0.3) is 0 Å².